The summed E-state index contributed by atoms with van der Waals surface area (Å²) < 4.78 is 3.12. The summed E-state index contributed by atoms with van der Waals surface area (Å²) in [6.45, 7) is 0.826. The van der Waals surface area contributed by atoms with Crippen molar-refractivity contribution in [2.24, 2.45) is 5.92 Å². The largest absolute Gasteiger partial charge is 0.350 e. The number of amides is 1. The van der Waals surface area contributed by atoms with Gasteiger partial charge in [0, 0.05) is 23.3 Å². The lowest BCUT2D eigenvalue weighted by Crippen LogP contribution is -2.32. The Balaban J connectivity index is 1.60. The van der Waals surface area contributed by atoms with Crippen molar-refractivity contribution in [1.82, 2.24) is 9.88 Å². The number of nitrogens with zero attached hydrogens (tertiary/aromatic N) is 1. The van der Waals surface area contributed by atoms with E-state index < -0.39 is 0 Å². The van der Waals surface area contributed by atoms with Gasteiger partial charge in [0.15, 0.2) is 0 Å². The number of thioether (sulfide) groups is 1. The van der Waals surface area contributed by atoms with Crippen molar-refractivity contribution < 1.29 is 4.79 Å². The van der Waals surface area contributed by atoms with E-state index in [1.807, 2.05) is 24.0 Å². The van der Waals surface area contributed by atoms with Gasteiger partial charge in [0.1, 0.15) is 5.69 Å². The van der Waals surface area contributed by atoms with E-state index in [4.69, 9.17) is 0 Å². The summed E-state index contributed by atoms with van der Waals surface area (Å²) in [6, 6.07) is 2.47. The molecular weight excluding hydrogens is 324 g/mol. The van der Waals surface area contributed by atoms with Crippen molar-refractivity contribution in [2.75, 3.05) is 18.1 Å². The summed E-state index contributed by atoms with van der Waals surface area (Å²) in [7, 11) is 0. The molecule has 1 saturated carbocycles. The van der Waals surface area contributed by atoms with Gasteiger partial charge in [0.25, 0.3) is 5.91 Å². The number of carbonyl (C=O) groups is 1. The molecule has 0 bridgehead atoms. The molecule has 0 atom stereocenters. The first-order valence-corrected chi connectivity index (χ1v) is 8.92. The van der Waals surface area contributed by atoms with Crippen LogP contribution in [0.2, 0.25) is 0 Å². The zero-order valence-electron chi connectivity index (χ0n) is 10.9. The van der Waals surface area contributed by atoms with Crippen molar-refractivity contribution in [1.29, 1.82) is 0 Å². The molecule has 3 rings (SSSR count). The number of nitrogens with one attached hydrogen (secondary N) is 1. The van der Waals surface area contributed by atoms with E-state index in [0.717, 1.165) is 16.7 Å². The smallest absolute Gasteiger partial charge is 0.267 e. The highest BCUT2D eigenvalue weighted by Crippen LogP contribution is 2.37. The van der Waals surface area contributed by atoms with Crippen LogP contribution in [-0.2, 0) is 0 Å². The van der Waals surface area contributed by atoms with Gasteiger partial charge in [-0.15, -0.1) is 0 Å². The summed E-state index contributed by atoms with van der Waals surface area (Å²) >= 11 is 5.50. The maximum atomic E-state index is 12.3. The van der Waals surface area contributed by atoms with Crippen LogP contribution < -0.4 is 5.32 Å². The normalized spacial score (nSPS) is 20.5. The lowest BCUT2D eigenvalue weighted by atomic mass is 10.0. The van der Waals surface area contributed by atoms with E-state index >= 15 is 0 Å². The second kappa shape index (κ2) is 5.92. The number of carbonyl (C=O) groups excluding carboxylic acids is 1. The molecule has 2 fully saturated rings. The molecule has 1 N–H and O–H groups in total. The minimum Gasteiger partial charge on any atom is -0.350 e. The fourth-order valence-corrected chi connectivity index (χ4v) is 4.20. The first-order valence-electron chi connectivity index (χ1n) is 6.97. The van der Waals surface area contributed by atoms with Gasteiger partial charge in [-0.25, -0.2) is 0 Å². The van der Waals surface area contributed by atoms with Crippen LogP contribution in [0.1, 0.15) is 42.2 Å². The minimum absolute atomic E-state index is 0.0795. The molecule has 2 heterocycles. The molecule has 1 aliphatic heterocycles. The Morgan fingerprint density at radius 1 is 1.37 bits per heavy atom. The Labute approximate surface area is 126 Å². The van der Waals surface area contributed by atoms with Crippen LogP contribution in [0.4, 0.5) is 0 Å². The topological polar surface area (TPSA) is 34.0 Å². The maximum absolute atomic E-state index is 12.3. The van der Waals surface area contributed by atoms with Crippen LogP contribution in [0.25, 0.3) is 0 Å². The second-order valence-corrected chi connectivity index (χ2v) is 7.59. The molecule has 19 heavy (non-hydrogen) atoms. The average Bonchev–Trinajstić information content (AvgIpc) is 3.20. The highest BCUT2D eigenvalue weighted by Gasteiger charge is 2.28. The minimum atomic E-state index is 0.0795. The quantitative estimate of drug-likeness (QED) is 0.909. The molecule has 1 saturated heterocycles. The molecule has 1 amide bonds. The Kier molecular flexibility index (Phi) is 4.22. The van der Waals surface area contributed by atoms with E-state index in [0.29, 0.717) is 12.0 Å². The highest BCUT2D eigenvalue weighted by atomic mass is 79.9. The van der Waals surface area contributed by atoms with E-state index in [1.165, 1.54) is 37.2 Å². The Hall–Kier alpha value is -0.420. The van der Waals surface area contributed by atoms with Gasteiger partial charge in [0.2, 0.25) is 0 Å². The Bertz CT molecular complexity index is 464. The van der Waals surface area contributed by atoms with E-state index in [-0.39, 0.29) is 5.91 Å². The second-order valence-electron chi connectivity index (χ2n) is 5.45. The third-order valence-corrected chi connectivity index (χ3v) is 5.36. The standard InChI is InChI=1S/C14H19BrN2OS/c15-11-7-13(17(9-11)12-1-2-12)14(18)16-8-10-3-5-19-6-4-10/h7,9-10,12H,1-6,8H2,(H,16,18). The molecule has 1 aromatic heterocycles. The molecule has 3 nitrogen and oxygen atoms in total. The SMILES string of the molecule is O=C(NCC1CCSCC1)c1cc(Br)cn1C1CC1. The van der Waals surface area contributed by atoms with Crippen molar-refractivity contribution in [2.45, 2.75) is 31.7 Å². The Morgan fingerprint density at radius 3 is 2.79 bits per heavy atom. The monoisotopic (exact) mass is 342 g/mol. The fraction of sp³-hybridized carbons (Fsp3) is 0.643. The number of hydrogen-bond acceptors (Lipinski definition) is 2. The van der Waals surface area contributed by atoms with Crippen LogP contribution in [0.15, 0.2) is 16.7 Å². The van der Waals surface area contributed by atoms with E-state index in [1.54, 1.807) is 0 Å². The summed E-state index contributed by atoms with van der Waals surface area (Å²) in [5, 5.41) is 3.12. The predicted molar refractivity (Wildman–Crippen MR) is 82.8 cm³/mol. The third kappa shape index (κ3) is 3.37. The van der Waals surface area contributed by atoms with Crippen LogP contribution in [-0.4, -0.2) is 28.5 Å². The molecule has 0 aromatic carbocycles. The molecule has 1 aliphatic carbocycles. The third-order valence-electron chi connectivity index (χ3n) is 3.88. The average molecular weight is 343 g/mol. The summed E-state index contributed by atoms with van der Waals surface area (Å²) in [5.74, 6) is 3.23. The molecule has 5 heteroatoms. The Morgan fingerprint density at radius 2 is 2.11 bits per heavy atom. The highest BCUT2D eigenvalue weighted by molar-refractivity contribution is 9.10. The van der Waals surface area contributed by atoms with Gasteiger partial charge in [-0.3, -0.25) is 4.79 Å². The molecule has 0 radical (unpaired) electrons. The molecule has 0 spiro atoms. The van der Waals surface area contributed by atoms with E-state index in [9.17, 15) is 4.79 Å². The number of rotatable bonds is 4. The number of halogens is 1. The first-order chi connectivity index (χ1) is 9.24. The van der Waals surface area contributed by atoms with Gasteiger partial charge in [0.05, 0.1) is 0 Å². The van der Waals surface area contributed by atoms with Gasteiger partial charge < -0.3 is 9.88 Å². The van der Waals surface area contributed by atoms with Crippen LogP contribution >= 0.6 is 27.7 Å². The lowest BCUT2D eigenvalue weighted by Gasteiger charge is -2.21. The van der Waals surface area contributed by atoms with Gasteiger partial charge in [-0.2, -0.15) is 11.8 Å². The summed E-state index contributed by atoms with van der Waals surface area (Å²) in [6.07, 6.45) is 6.89. The summed E-state index contributed by atoms with van der Waals surface area (Å²) in [4.78, 5) is 12.3. The predicted octanol–water partition coefficient (Wildman–Crippen LogP) is 3.46. The van der Waals surface area contributed by atoms with Crippen LogP contribution in [0.5, 0.6) is 0 Å². The van der Waals surface area contributed by atoms with E-state index in [2.05, 4.69) is 25.8 Å². The fourth-order valence-electron chi connectivity index (χ4n) is 2.56. The molecule has 2 aliphatic rings. The van der Waals surface area contributed by atoms with Gasteiger partial charge >= 0.3 is 0 Å². The van der Waals surface area contributed by atoms with Crippen molar-refractivity contribution in [3.05, 3.63) is 22.4 Å². The lowest BCUT2D eigenvalue weighted by molar-refractivity contribution is 0.0937. The molecule has 104 valence electrons. The summed E-state index contributed by atoms with van der Waals surface area (Å²) in [5.41, 5.74) is 0.805. The molecular formula is C14H19BrN2OS. The zero-order valence-corrected chi connectivity index (χ0v) is 13.3. The number of aromatic nitrogens is 1. The van der Waals surface area contributed by atoms with Gasteiger partial charge in [-0.05, 0) is 65.1 Å². The first kappa shape index (κ1) is 13.6. The van der Waals surface area contributed by atoms with Crippen molar-refractivity contribution in [3.8, 4) is 0 Å². The van der Waals surface area contributed by atoms with Crippen molar-refractivity contribution >= 4 is 33.6 Å². The molecule has 0 unspecified atom stereocenters. The zero-order chi connectivity index (χ0) is 13.2. The van der Waals surface area contributed by atoms with Crippen molar-refractivity contribution in [3.63, 3.8) is 0 Å². The maximum Gasteiger partial charge on any atom is 0.267 e. The number of hydrogen-bond donors (Lipinski definition) is 1. The molecule has 1 aromatic rings. The van der Waals surface area contributed by atoms with Gasteiger partial charge in [-0.1, -0.05) is 0 Å². The van der Waals surface area contributed by atoms with Crippen LogP contribution in [0.3, 0.4) is 0 Å². The van der Waals surface area contributed by atoms with Crippen LogP contribution in [0, 0.1) is 5.92 Å².